The van der Waals surface area contributed by atoms with Crippen LogP contribution in [0.4, 0.5) is 0 Å². The number of hydrogen-bond acceptors (Lipinski definition) is 3. The summed E-state index contributed by atoms with van der Waals surface area (Å²) in [6, 6.07) is 8.60. The molecule has 2 N–H and O–H groups in total. The van der Waals surface area contributed by atoms with Crippen LogP contribution in [-0.2, 0) is 0 Å². The first-order chi connectivity index (χ1) is 7.29. The molecular formula is C11H15N3S. The van der Waals surface area contributed by atoms with Gasteiger partial charge in [-0.1, -0.05) is 23.9 Å². The van der Waals surface area contributed by atoms with Crippen molar-refractivity contribution in [3.63, 3.8) is 0 Å². The fraction of sp³-hybridized carbons (Fsp3) is 0.364. The van der Waals surface area contributed by atoms with Crippen LogP contribution in [0.25, 0.3) is 11.0 Å². The highest BCUT2D eigenvalue weighted by atomic mass is 32.2. The number of nitrogens with zero attached hydrogens (tertiary/aromatic N) is 1. The van der Waals surface area contributed by atoms with Crippen molar-refractivity contribution in [1.82, 2.24) is 15.3 Å². The van der Waals surface area contributed by atoms with Crippen LogP contribution >= 0.6 is 11.8 Å². The highest BCUT2D eigenvalue weighted by molar-refractivity contribution is 7.99. The monoisotopic (exact) mass is 221 g/mol. The summed E-state index contributed by atoms with van der Waals surface area (Å²) in [7, 11) is 1.98. The van der Waals surface area contributed by atoms with Crippen LogP contribution in [0, 0.1) is 0 Å². The molecule has 0 aliphatic carbocycles. The van der Waals surface area contributed by atoms with Gasteiger partial charge >= 0.3 is 0 Å². The van der Waals surface area contributed by atoms with Gasteiger partial charge in [-0.3, -0.25) is 0 Å². The Bertz CT molecular complexity index is 405. The Morgan fingerprint density at radius 1 is 1.47 bits per heavy atom. The van der Waals surface area contributed by atoms with Crippen LogP contribution in [0.5, 0.6) is 0 Å². The summed E-state index contributed by atoms with van der Waals surface area (Å²) >= 11 is 1.75. The molecule has 1 heterocycles. The lowest BCUT2D eigenvalue weighted by Crippen LogP contribution is -2.23. The molecule has 1 unspecified atom stereocenters. The zero-order valence-corrected chi connectivity index (χ0v) is 9.77. The van der Waals surface area contributed by atoms with Crippen LogP contribution in [0.1, 0.15) is 6.92 Å². The third kappa shape index (κ3) is 2.52. The molecule has 0 saturated carbocycles. The quantitative estimate of drug-likeness (QED) is 0.778. The van der Waals surface area contributed by atoms with Gasteiger partial charge in [-0.2, -0.15) is 0 Å². The number of aromatic amines is 1. The number of para-hydroxylation sites is 2. The predicted molar refractivity (Wildman–Crippen MR) is 65.3 cm³/mol. The second kappa shape index (κ2) is 4.68. The van der Waals surface area contributed by atoms with Gasteiger partial charge in [0.05, 0.1) is 11.0 Å². The molecule has 0 bridgehead atoms. The Labute approximate surface area is 93.7 Å². The van der Waals surface area contributed by atoms with E-state index in [0.717, 1.165) is 21.9 Å². The number of nitrogens with one attached hydrogen (secondary N) is 2. The molecular weight excluding hydrogens is 206 g/mol. The minimum Gasteiger partial charge on any atom is -0.333 e. The van der Waals surface area contributed by atoms with Crippen LogP contribution < -0.4 is 5.32 Å². The van der Waals surface area contributed by atoms with Crippen molar-refractivity contribution in [2.24, 2.45) is 0 Å². The molecule has 1 aromatic heterocycles. The number of H-pyrrole nitrogens is 1. The van der Waals surface area contributed by atoms with E-state index in [2.05, 4.69) is 22.2 Å². The maximum atomic E-state index is 4.50. The minimum absolute atomic E-state index is 0.503. The highest BCUT2D eigenvalue weighted by Gasteiger charge is 2.04. The highest BCUT2D eigenvalue weighted by Crippen LogP contribution is 2.19. The molecule has 1 atom stereocenters. The van der Waals surface area contributed by atoms with Crippen LogP contribution in [0.2, 0.25) is 0 Å². The average molecular weight is 221 g/mol. The summed E-state index contributed by atoms with van der Waals surface area (Å²) in [5, 5.41) is 4.20. The first kappa shape index (κ1) is 10.5. The Balaban J connectivity index is 2.09. The van der Waals surface area contributed by atoms with Gasteiger partial charge in [-0.05, 0) is 26.1 Å². The molecule has 80 valence electrons. The second-order valence-electron chi connectivity index (χ2n) is 3.56. The lowest BCUT2D eigenvalue weighted by Gasteiger charge is -2.06. The molecule has 2 rings (SSSR count). The van der Waals surface area contributed by atoms with Crippen LogP contribution in [-0.4, -0.2) is 28.8 Å². The normalized spacial score (nSPS) is 13.2. The van der Waals surface area contributed by atoms with Crippen molar-refractivity contribution in [3.8, 4) is 0 Å². The number of hydrogen-bond donors (Lipinski definition) is 2. The van der Waals surface area contributed by atoms with Crippen molar-refractivity contribution < 1.29 is 0 Å². The molecule has 4 heteroatoms. The third-order valence-corrected chi connectivity index (χ3v) is 3.46. The van der Waals surface area contributed by atoms with Crippen LogP contribution in [0.15, 0.2) is 29.4 Å². The first-order valence-electron chi connectivity index (χ1n) is 5.04. The van der Waals surface area contributed by atoms with Gasteiger partial charge in [0.2, 0.25) is 0 Å². The van der Waals surface area contributed by atoms with Gasteiger partial charge in [0.25, 0.3) is 0 Å². The molecule has 0 aliphatic rings. The fourth-order valence-corrected chi connectivity index (χ4v) is 2.20. The van der Waals surface area contributed by atoms with E-state index in [1.165, 1.54) is 0 Å². The van der Waals surface area contributed by atoms with Crippen molar-refractivity contribution in [2.45, 2.75) is 18.1 Å². The molecule has 0 fully saturated rings. The number of thioether (sulfide) groups is 1. The van der Waals surface area contributed by atoms with Gasteiger partial charge in [0.15, 0.2) is 5.16 Å². The smallest absolute Gasteiger partial charge is 0.166 e. The van der Waals surface area contributed by atoms with E-state index in [1.807, 2.05) is 31.3 Å². The molecule has 0 saturated heterocycles. The molecule has 1 aromatic carbocycles. The Morgan fingerprint density at radius 3 is 3.00 bits per heavy atom. The van der Waals surface area contributed by atoms with E-state index in [9.17, 15) is 0 Å². The van der Waals surface area contributed by atoms with Gasteiger partial charge in [0.1, 0.15) is 0 Å². The number of aromatic nitrogens is 2. The summed E-state index contributed by atoms with van der Waals surface area (Å²) < 4.78 is 0. The summed E-state index contributed by atoms with van der Waals surface area (Å²) in [4.78, 5) is 7.80. The van der Waals surface area contributed by atoms with Crippen molar-refractivity contribution >= 4 is 22.8 Å². The number of imidazole rings is 1. The molecule has 0 amide bonds. The Morgan fingerprint density at radius 2 is 2.27 bits per heavy atom. The third-order valence-electron chi connectivity index (χ3n) is 2.33. The number of fused-ring (bicyclic) bond motifs is 1. The zero-order chi connectivity index (χ0) is 10.7. The minimum atomic E-state index is 0.503. The number of benzene rings is 1. The van der Waals surface area contributed by atoms with Gasteiger partial charge < -0.3 is 10.3 Å². The molecule has 15 heavy (non-hydrogen) atoms. The van der Waals surface area contributed by atoms with E-state index in [4.69, 9.17) is 0 Å². The Kier molecular flexibility index (Phi) is 3.28. The lowest BCUT2D eigenvalue weighted by atomic mass is 10.3. The SMILES string of the molecule is CNC(C)CSc1nc2ccccc2[nH]1. The predicted octanol–water partition coefficient (Wildman–Crippen LogP) is 2.26. The largest absolute Gasteiger partial charge is 0.333 e. The van der Waals surface area contributed by atoms with E-state index in [0.29, 0.717) is 6.04 Å². The van der Waals surface area contributed by atoms with E-state index in [1.54, 1.807) is 11.8 Å². The Hall–Kier alpha value is -1.00. The molecule has 0 radical (unpaired) electrons. The maximum Gasteiger partial charge on any atom is 0.166 e. The number of rotatable bonds is 4. The first-order valence-corrected chi connectivity index (χ1v) is 6.03. The molecule has 3 nitrogen and oxygen atoms in total. The van der Waals surface area contributed by atoms with Gasteiger partial charge in [0, 0.05) is 11.8 Å². The topological polar surface area (TPSA) is 40.7 Å². The van der Waals surface area contributed by atoms with Gasteiger partial charge in [-0.15, -0.1) is 0 Å². The van der Waals surface area contributed by atoms with Crippen LogP contribution in [0.3, 0.4) is 0 Å². The average Bonchev–Trinajstić information content (AvgIpc) is 2.68. The standard InChI is InChI=1S/C11H15N3S/c1-8(12-2)7-15-11-13-9-5-3-4-6-10(9)14-11/h3-6,8,12H,7H2,1-2H3,(H,13,14). The second-order valence-corrected chi connectivity index (χ2v) is 4.57. The zero-order valence-electron chi connectivity index (χ0n) is 8.95. The van der Waals surface area contributed by atoms with E-state index >= 15 is 0 Å². The summed E-state index contributed by atoms with van der Waals surface area (Å²) in [6.07, 6.45) is 0. The molecule has 2 aromatic rings. The molecule has 0 spiro atoms. The van der Waals surface area contributed by atoms with E-state index < -0.39 is 0 Å². The summed E-state index contributed by atoms with van der Waals surface area (Å²) in [5.41, 5.74) is 2.15. The van der Waals surface area contributed by atoms with Gasteiger partial charge in [-0.25, -0.2) is 4.98 Å². The fourth-order valence-electron chi connectivity index (χ4n) is 1.29. The van der Waals surface area contributed by atoms with Crippen molar-refractivity contribution in [2.75, 3.05) is 12.8 Å². The summed E-state index contributed by atoms with van der Waals surface area (Å²) in [5.74, 6) is 1.02. The van der Waals surface area contributed by atoms with Crippen molar-refractivity contribution in [3.05, 3.63) is 24.3 Å². The maximum absolute atomic E-state index is 4.50. The van der Waals surface area contributed by atoms with Crippen molar-refractivity contribution in [1.29, 1.82) is 0 Å². The summed E-state index contributed by atoms with van der Waals surface area (Å²) in [6.45, 7) is 2.16. The molecule has 0 aliphatic heterocycles. The lowest BCUT2D eigenvalue weighted by molar-refractivity contribution is 0.677. The van der Waals surface area contributed by atoms with E-state index in [-0.39, 0.29) is 0 Å².